The Labute approximate surface area is 59.8 Å². The number of hydrogen-bond acceptors (Lipinski definition) is 2. The topological polar surface area (TPSA) is 44.0 Å². The van der Waals surface area contributed by atoms with Crippen molar-refractivity contribution in [2.45, 2.75) is 18.4 Å². The summed E-state index contributed by atoms with van der Waals surface area (Å²) < 4.78 is 0. The van der Waals surface area contributed by atoms with Gasteiger partial charge in [0.1, 0.15) is 0 Å². The zero-order valence-corrected chi connectivity index (χ0v) is 5.62. The second kappa shape index (κ2) is 1.62. The molecule has 2 aliphatic rings. The molecule has 1 N–H and O–H groups in total. The SMILES string of the molecule is N#C[C@]1(O)C[C@H]2C=CC[C@H]21. The van der Waals surface area contributed by atoms with E-state index in [4.69, 9.17) is 5.26 Å². The zero-order valence-electron chi connectivity index (χ0n) is 5.62. The molecule has 0 aromatic carbocycles. The molecule has 0 saturated heterocycles. The minimum Gasteiger partial charge on any atom is -0.375 e. The molecule has 52 valence electrons. The molecule has 1 fully saturated rings. The van der Waals surface area contributed by atoms with Crippen LogP contribution in [-0.4, -0.2) is 10.7 Å². The van der Waals surface area contributed by atoms with Crippen molar-refractivity contribution >= 4 is 0 Å². The maximum atomic E-state index is 9.49. The lowest BCUT2D eigenvalue weighted by Crippen LogP contribution is -2.50. The van der Waals surface area contributed by atoms with E-state index in [0.717, 1.165) is 6.42 Å². The van der Waals surface area contributed by atoms with Crippen LogP contribution >= 0.6 is 0 Å². The predicted octanol–water partition coefficient (Wildman–Crippen LogP) is 0.837. The highest BCUT2D eigenvalue weighted by Crippen LogP contribution is 2.49. The van der Waals surface area contributed by atoms with Crippen molar-refractivity contribution in [3.05, 3.63) is 12.2 Å². The Kier molecular flexibility index (Phi) is 0.959. The molecule has 0 spiro atoms. The molecule has 0 bridgehead atoms. The van der Waals surface area contributed by atoms with Crippen LogP contribution in [0.5, 0.6) is 0 Å². The molecule has 0 radical (unpaired) electrons. The van der Waals surface area contributed by atoms with E-state index in [9.17, 15) is 5.11 Å². The second-order valence-electron chi connectivity index (χ2n) is 3.17. The fourth-order valence-electron chi connectivity index (χ4n) is 1.95. The molecular weight excluding hydrogens is 126 g/mol. The van der Waals surface area contributed by atoms with E-state index in [1.54, 1.807) is 0 Å². The Morgan fingerprint density at radius 3 is 3.10 bits per heavy atom. The summed E-state index contributed by atoms with van der Waals surface area (Å²) in [6.45, 7) is 0. The molecule has 2 aliphatic carbocycles. The lowest BCUT2D eigenvalue weighted by Gasteiger charge is -2.43. The Morgan fingerprint density at radius 1 is 1.70 bits per heavy atom. The van der Waals surface area contributed by atoms with Gasteiger partial charge in [-0.1, -0.05) is 12.2 Å². The average Bonchev–Trinajstić information content (AvgIpc) is 2.30. The van der Waals surface area contributed by atoms with Gasteiger partial charge in [0.25, 0.3) is 0 Å². The molecule has 2 nitrogen and oxygen atoms in total. The van der Waals surface area contributed by atoms with Crippen LogP contribution in [0, 0.1) is 23.2 Å². The van der Waals surface area contributed by atoms with E-state index in [0.29, 0.717) is 12.3 Å². The van der Waals surface area contributed by atoms with Gasteiger partial charge in [0.2, 0.25) is 0 Å². The number of aliphatic hydroxyl groups is 1. The van der Waals surface area contributed by atoms with Gasteiger partial charge in [0.05, 0.1) is 6.07 Å². The van der Waals surface area contributed by atoms with Crippen LogP contribution in [-0.2, 0) is 0 Å². The molecule has 10 heavy (non-hydrogen) atoms. The Morgan fingerprint density at radius 2 is 2.50 bits per heavy atom. The number of nitrogens with zero attached hydrogens (tertiary/aromatic N) is 1. The van der Waals surface area contributed by atoms with Crippen molar-refractivity contribution in [2.24, 2.45) is 11.8 Å². The van der Waals surface area contributed by atoms with Crippen molar-refractivity contribution in [1.82, 2.24) is 0 Å². The highest BCUT2D eigenvalue weighted by Gasteiger charge is 2.53. The maximum absolute atomic E-state index is 9.49. The lowest BCUT2D eigenvalue weighted by molar-refractivity contribution is -0.0686. The van der Waals surface area contributed by atoms with Gasteiger partial charge < -0.3 is 5.11 Å². The summed E-state index contributed by atoms with van der Waals surface area (Å²) >= 11 is 0. The lowest BCUT2D eigenvalue weighted by atomic mass is 9.63. The van der Waals surface area contributed by atoms with Gasteiger partial charge in [-0.05, 0) is 18.8 Å². The van der Waals surface area contributed by atoms with Gasteiger partial charge >= 0.3 is 0 Å². The summed E-state index contributed by atoms with van der Waals surface area (Å²) in [5, 5.41) is 18.1. The van der Waals surface area contributed by atoms with Gasteiger partial charge in [-0.3, -0.25) is 0 Å². The van der Waals surface area contributed by atoms with Crippen molar-refractivity contribution < 1.29 is 5.11 Å². The molecule has 0 aromatic heterocycles. The van der Waals surface area contributed by atoms with Crippen LogP contribution in [0.15, 0.2) is 12.2 Å². The van der Waals surface area contributed by atoms with Gasteiger partial charge in [-0.2, -0.15) is 5.26 Å². The normalized spacial score (nSPS) is 49.6. The standard InChI is InChI=1S/C8H9NO/c9-5-8(10)4-6-2-1-3-7(6)8/h1-2,6-7,10H,3-4H2/t6-,7-,8-/m1/s1. The molecular formula is C8H9NO. The molecule has 3 atom stereocenters. The van der Waals surface area contributed by atoms with Gasteiger partial charge in [-0.25, -0.2) is 0 Å². The van der Waals surface area contributed by atoms with Gasteiger partial charge in [0, 0.05) is 5.92 Å². The summed E-state index contributed by atoms with van der Waals surface area (Å²) in [5.74, 6) is 0.696. The maximum Gasteiger partial charge on any atom is 0.155 e. The van der Waals surface area contributed by atoms with Crippen LogP contribution in [0.4, 0.5) is 0 Å². The van der Waals surface area contributed by atoms with Crippen LogP contribution in [0.1, 0.15) is 12.8 Å². The van der Waals surface area contributed by atoms with Crippen molar-refractivity contribution in [3.63, 3.8) is 0 Å². The summed E-state index contributed by atoms with van der Waals surface area (Å²) in [5.41, 5.74) is -0.992. The van der Waals surface area contributed by atoms with E-state index in [-0.39, 0.29) is 5.92 Å². The molecule has 1 saturated carbocycles. The fourth-order valence-corrected chi connectivity index (χ4v) is 1.95. The number of nitriles is 1. The van der Waals surface area contributed by atoms with Gasteiger partial charge in [0.15, 0.2) is 5.60 Å². The first-order valence-electron chi connectivity index (χ1n) is 3.56. The van der Waals surface area contributed by atoms with Crippen LogP contribution < -0.4 is 0 Å². The fraction of sp³-hybridized carbons (Fsp3) is 0.625. The number of hydrogen-bond donors (Lipinski definition) is 1. The summed E-state index contributed by atoms with van der Waals surface area (Å²) in [7, 11) is 0. The third-order valence-electron chi connectivity index (χ3n) is 2.64. The molecule has 0 aliphatic heterocycles. The second-order valence-corrected chi connectivity index (χ2v) is 3.17. The van der Waals surface area contributed by atoms with E-state index < -0.39 is 5.60 Å². The van der Waals surface area contributed by atoms with E-state index in [1.807, 2.05) is 6.07 Å². The summed E-state index contributed by atoms with van der Waals surface area (Å²) in [6, 6.07) is 1.96. The third kappa shape index (κ3) is 0.512. The minimum atomic E-state index is -0.992. The van der Waals surface area contributed by atoms with Crippen LogP contribution in [0.2, 0.25) is 0 Å². The molecule has 2 heteroatoms. The first-order valence-corrected chi connectivity index (χ1v) is 3.56. The van der Waals surface area contributed by atoms with Crippen molar-refractivity contribution in [1.29, 1.82) is 5.26 Å². The number of fused-ring (bicyclic) bond motifs is 1. The highest BCUT2D eigenvalue weighted by molar-refractivity contribution is 5.23. The molecule has 0 unspecified atom stereocenters. The Balaban J connectivity index is 2.18. The number of allylic oxidation sites excluding steroid dienone is 2. The predicted molar refractivity (Wildman–Crippen MR) is 35.9 cm³/mol. The van der Waals surface area contributed by atoms with E-state index >= 15 is 0 Å². The summed E-state index contributed by atoms with van der Waals surface area (Å²) in [4.78, 5) is 0. The Hall–Kier alpha value is -0.810. The van der Waals surface area contributed by atoms with Crippen molar-refractivity contribution in [3.8, 4) is 6.07 Å². The minimum absolute atomic E-state index is 0.206. The van der Waals surface area contributed by atoms with E-state index in [2.05, 4.69) is 12.2 Å². The highest BCUT2D eigenvalue weighted by atomic mass is 16.3. The quantitative estimate of drug-likeness (QED) is 0.395. The largest absolute Gasteiger partial charge is 0.375 e. The molecule has 0 heterocycles. The van der Waals surface area contributed by atoms with Crippen LogP contribution in [0.3, 0.4) is 0 Å². The molecule has 0 aromatic rings. The van der Waals surface area contributed by atoms with Crippen LogP contribution in [0.25, 0.3) is 0 Å². The number of rotatable bonds is 0. The molecule has 2 rings (SSSR count). The zero-order chi connectivity index (χ0) is 7.19. The summed E-state index contributed by atoms with van der Waals surface area (Å²) in [6.07, 6.45) is 5.69. The monoisotopic (exact) mass is 135 g/mol. The third-order valence-corrected chi connectivity index (χ3v) is 2.64. The Bertz CT molecular complexity index is 228. The van der Waals surface area contributed by atoms with E-state index in [1.165, 1.54) is 0 Å². The molecule has 0 amide bonds. The first kappa shape index (κ1) is 5.94. The van der Waals surface area contributed by atoms with Gasteiger partial charge in [-0.15, -0.1) is 0 Å². The first-order chi connectivity index (χ1) is 4.76. The van der Waals surface area contributed by atoms with Crippen molar-refractivity contribution in [2.75, 3.05) is 0 Å². The average molecular weight is 135 g/mol. The smallest absolute Gasteiger partial charge is 0.155 e.